The largest absolute Gasteiger partial charge is 0.315 e. The predicted octanol–water partition coefficient (Wildman–Crippen LogP) is 4.29. The zero-order valence-corrected chi connectivity index (χ0v) is 19.6. The van der Waals surface area contributed by atoms with Gasteiger partial charge in [-0.1, -0.05) is 23.8 Å². The quantitative estimate of drug-likeness (QED) is 0.730. The number of carbonyl (C=O) groups is 1. The minimum Gasteiger partial charge on any atom is -0.315 e. The summed E-state index contributed by atoms with van der Waals surface area (Å²) in [6, 6.07) is 9.76. The van der Waals surface area contributed by atoms with Crippen molar-refractivity contribution in [2.45, 2.75) is 52.4 Å². The summed E-state index contributed by atoms with van der Waals surface area (Å²) < 4.78 is 28.4. The lowest BCUT2D eigenvalue weighted by molar-refractivity contribution is -0.123. The number of sulfonamides is 1. The smallest absolute Gasteiger partial charge is 0.243 e. The first-order valence-corrected chi connectivity index (χ1v) is 11.9. The first-order valence-electron chi connectivity index (χ1n) is 10.4. The summed E-state index contributed by atoms with van der Waals surface area (Å²) in [6.45, 7) is 10.4. The van der Waals surface area contributed by atoms with Crippen molar-refractivity contribution in [3.8, 4) is 0 Å². The molecule has 0 aromatic heterocycles. The third-order valence-corrected chi connectivity index (χ3v) is 8.32. The lowest BCUT2D eigenvalue weighted by Gasteiger charge is -2.34. The van der Waals surface area contributed by atoms with E-state index in [0.717, 1.165) is 27.9 Å². The number of hydrogen-bond donors (Lipinski definition) is 0. The van der Waals surface area contributed by atoms with E-state index in [0.29, 0.717) is 24.3 Å². The van der Waals surface area contributed by atoms with E-state index >= 15 is 0 Å². The van der Waals surface area contributed by atoms with Crippen LogP contribution in [0.25, 0.3) is 0 Å². The van der Waals surface area contributed by atoms with Crippen molar-refractivity contribution in [1.29, 1.82) is 0 Å². The van der Waals surface area contributed by atoms with Crippen LogP contribution in [0.4, 0.5) is 5.69 Å². The fraction of sp³-hybridized carbons (Fsp3) is 0.458. The van der Waals surface area contributed by atoms with Crippen molar-refractivity contribution in [2.24, 2.45) is 5.92 Å². The first kappa shape index (κ1) is 22.5. The molecule has 0 spiro atoms. The summed E-state index contributed by atoms with van der Waals surface area (Å²) in [5.41, 5.74) is 5.71. The summed E-state index contributed by atoms with van der Waals surface area (Å²) in [5, 5.41) is 0. The molecular weight excluding hydrogens is 396 g/mol. The van der Waals surface area contributed by atoms with Crippen molar-refractivity contribution in [2.75, 3.05) is 25.0 Å². The van der Waals surface area contributed by atoms with E-state index in [-0.39, 0.29) is 18.4 Å². The Morgan fingerprint density at radius 3 is 2.20 bits per heavy atom. The van der Waals surface area contributed by atoms with Crippen LogP contribution in [0.3, 0.4) is 0 Å². The number of benzene rings is 2. The van der Waals surface area contributed by atoms with Crippen LogP contribution in [0.2, 0.25) is 0 Å². The van der Waals surface area contributed by atoms with E-state index in [1.807, 2.05) is 65.0 Å². The molecule has 1 heterocycles. The van der Waals surface area contributed by atoms with E-state index in [2.05, 4.69) is 0 Å². The zero-order valence-electron chi connectivity index (χ0n) is 18.8. The molecule has 6 heteroatoms. The maximum absolute atomic E-state index is 13.4. The monoisotopic (exact) mass is 428 g/mol. The molecule has 1 fully saturated rings. The van der Waals surface area contributed by atoms with E-state index < -0.39 is 10.0 Å². The Labute approximate surface area is 180 Å². The molecular formula is C24H32N2O3S. The van der Waals surface area contributed by atoms with Crippen molar-refractivity contribution in [3.05, 3.63) is 58.1 Å². The van der Waals surface area contributed by atoms with Crippen LogP contribution in [-0.2, 0) is 14.8 Å². The number of nitrogens with zero attached hydrogens (tertiary/aromatic N) is 2. The van der Waals surface area contributed by atoms with Gasteiger partial charge in [0.15, 0.2) is 0 Å². The van der Waals surface area contributed by atoms with Crippen molar-refractivity contribution < 1.29 is 13.2 Å². The third-order valence-electron chi connectivity index (χ3n) is 6.14. The van der Waals surface area contributed by atoms with Gasteiger partial charge in [0.1, 0.15) is 0 Å². The molecule has 0 N–H and O–H groups in total. The maximum Gasteiger partial charge on any atom is 0.243 e. The Morgan fingerprint density at radius 1 is 0.967 bits per heavy atom. The molecule has 1 atom stereocenters. The molecule has 0 aliphatic carbocycles. The Hall–Kier alpha value is -2.18. The van der Waals surface area contributed by atoms with Gasteiger partial charge in [-0.15, -0.1) is 0 Å². The molecule has 2 aromatic rings. The van der Waals surface area contributed by atoms with E-state index in [9.17, 15) is 13.2 Å². The number of amides is 1. The Balaban J connectivity index is 1.84. The van der Waals surface area contributed by atoms with Crippen LogP contribution in [0.15, 0.2) is 35.2 Å². The van der Waals surface area contributed by atoms with Crippen molar-refractivity contribution in [1.82, 2.24) is 4.31 Å². The molecule has 5 nitrogen and oxygen atoms in total. The van der Waals surface area contributed by atoms with Gasteiger partial charge >= 0.3 is 0 Å². The van der Waals surface area contributed by atoms with Gasteiger partial charge in [0, 0.05) is 25.8 Å². The zero-order chi connectivity index (χ0) is 22.2. The van der Waals surface area contributed by atoms with Gasteiger partial charge < -0.3 is 4.90 Å². The van der Waals surface area contributed by atoms with Gasteiger partial charge in [0.25, 0.3) is 0 Å². The molecule has 3 rings (SSSR count). The van der Waals surface area contributed by atoms with Gasteiger partial charge in [0.2, 0.25) is 15.9 Å². The molecule has 0 radical (unpaired) electrons. The number of aryl methyl sites for hydroxylation is 5. The standard InChI is InChI=1S/C24H32N2O3S/c1-16-12-19(4)23(20(5)13-16)30(28,29)26-11-7-8-21(15-26)24(27)25(6)22-10-9-17(2)18(3)14-22/h9-10,12-14,21H,7-8,11,15H2,1-6H3/t21-/m0/s1. The minimum atomic E-state index is -3.65. The summed E-state index contributed by atoms with van der Waals surface area (Å²) in [7, 11) is -1.87. The fourth-order valence-corrected chi connectivity index (χ4v) is 6.34. The molecule has 0 bridgehead atoms. The molecule has 1 aliphatic heterocycles. The molecule has 2 aromatic carbocycles. The summed E-state index contributed by atoms with van der Waals surface area (Å²) >= 11 is 0. The van der Waals surface area contributed by atoms with E-state index in [1.165, 1.54) is 9.87 Å². The van der Waals surface area contributed by atoms with Crippen LogP contribution < -0.4 is 4.90 Å². The first-order chi connectivity index (χ1) is 14.0. The molecule has 0 unspecified atom stereocenters. The van der Waals surface area contributed by atoms with Crippen LogP contribution in [0, 0.1) is 40.5 Å². The number of hydrogen-bond acceptors (Lipinski definition) is 3. The second-order valence-electron chi connectivity index (χ2n) is 8.60. The minimum absolute atomic E-state index is 0.0319. The highest BCUT2D eigenvalue weighted by Crippen LogP contribution is 2.30. The fourth-order valence-electron chi connectivity index (χ4n) is 4.40. The van der Waals surface area contributed by atoms with E-state index in [4.69, 9.17) is 0 Å². The number of carbonyl (C=O) groups excluding carboxylic acids is 1. The lowest BCUT2D eigenvalue weighted by Crippen LogP contribution is -2.46. The van der Waals surface area contributed by atoms with Gasteiger partial charge in [-0.05, 0) is 81.8 Å². The molecule has 30 heavy (non-hydrogen) atoms. The highest BCUT2D eigenvalue weighted by atomic mass is 32.2. The summed E-state index contributed by atoms with van der Waals surface area (Å²) in [6.07, 6.45) is 1.38. The van der Waals surface area contributed by atoms with Gasteiger partial charge in [-0.3, -0.25) is 4.79 Å². The van der Waals surface area contributed by atoms with Gasteiger partial charge in [-0.2, -0.15) is 4.31 Å². The van der Waals surface area contributed by atoms with Crippen LogP contribution in [0.1, 0.15) is 40.7 Å². The number of rotatable bonds is 4. The van der Waals surface area contributed by atoms with Gasteiger partial charge in [-0.25, -0.2) is 8.42 Å². The number of piperidine rings is 1. The molecule has 1 amide bonds. The Bertz CT molecular complexity index is 1050. The van der Waals surface area contributed by atoms with Crippen LogP contribution >= 0.6 is 0 Å². The second kappa shape index (κ2) is 8.52. The maximum atomic E-state index is 13.4. The average molecular weight is 429 g/mol. The van der Waals surface area contributed by atoms with Crippen LogP contribution in [-0.4, -0.2) is 38.8 Å². The molecule has 0 saturated carbocycles. The van der Waals surface area contributed by atoms with E-state index in [1.54, 1.807) is 11.9 Å². The Kier molecular flexibility index (Phi) is 6.39. The topological polar surface area (TPSA) is 57.7 Å². The van der Waals surface area contributed by atoms with Crippen LogP contribution in [0.5, 0.6) is 0 Å². The van der Waals surface area contributed by atoms with Crippen molar-refractivity contribution in [3.63, 3.8) is 0 Å². The predicted molar refractivity (Wildman–Crippen MR) is 121 cm³/mol. The lowest BCUT2D eigenvalue weighted by atomic mass is 9.98. The molecule has 162 valence electrons. The summed E-state index contributed by atoms with van der Waals surface area (Å²) in [4.78, 5) is 15.2. The molecule has 1 saturated heterocycles. The van der Waals surface area contributed by atoms with Crippen molar-refractivity contribution >= 4 is 21.6 Å². The highest BCUT2D eigenvalue weighted by molar-refractivity contribution is 7.89. The Morgan fingerprint density at radius 2 is 1.60 bits per heavy atom. The highest BCUT2D eigenvalue weighted by Gasteiger charge is 2.36. The normalized spacial score (nSPS) is 17.7. The SMILES string of the molecule is Cc1cc(C)c(S(=O)(=O)N2CCC[C@H](C(=O)N(C)c3ccc(C)c(C)c3)C2)c(C)c1. The van der Waals surface area contributed by atoms with Gasteiger partial charge in [0.05, 0.1) is 10.8 Å². The summed E-state index contributed by atoms with van der Waals surface area (Å²) in [5.74, 6) is -0.373. The average Bonchev–Trinajstić information content (AvgIpc) is 2.68. The second-order valence-corrected chi connectivity index (χ2v) is 10.5. The number of anilines is 1. The third kappa shape index (κ3) is 4.30. The molecule has 1 aliphatic rings.